The molecule has 0 saturated carbocycles. The van der Waals surface area contributed by atoms with Crippen LogP contribution < -0.4 is 0 Å². The van der Waals surface area contributed by atoms with Gasteiger partial charge in [0.25, 0.3) is 0 Å². The number of ether oxygens (including phenoxy) is 6. The van der Waals surface area contributed by atoms with E-state index >= 15 is 0 Å². The van der Waals surface area contributed by atoms with E-state index in [-0.39, 0.29) is 33.4 Å². The van der Waals surface area contributed by atoms with Crippen molar-refractivity contribution in [1.29, 1.82) is 0 Å². The normalized spacial score (nSPS) is 11.7. The maximum absolute atomic E-state index is 13.4. The van der Waals surface area contributed by atoms with Crippen molar-refractivity contribution in [2.24, 2.45) is 0 Å². The van der Waals surface area contributed by atoms with Gasteiger partial charge in [-0.15, -0.1) is 0 Å². The van der Waals surface area contributed by atoms with Crippen molar-refractivity contribution in [3.63, 3.8) is 0 Å². The van der Waals surface area contributed by atoms with Crippen LogP contribution in [0.25, 0.3) is 0 Å². The van der Waals surface area contributed by atoms with Gasteiger partial charge in [-0.3, -0.25) is 0 Å². The van der Waals surface area contributed by atoms with Gasteiger partial charge in [0, 0.05) is 32.6 Å². The molecule has 0 saturated heterocycles. The molecule has 3 aromatic rings. The Kier molecular flexibility index (Phi) is 19.3. The van der Waals surface area contributed by atoms with E-state index in [1.54, 1.807) is 12.1 Å². The topological polar surface area (TPSA) is 158 Å². The smallest absolute Gasteiger partial charge is 0.339 e. The van der Waals surface area contributed by atoms with Crippen molar-refractivity contribution in [2.75, 3.05) is 26.4 Å². The average molecular weight is 1410 g/mol. The standard InChI is InChI=1S/C36H28I6O12/c1-17(2)31(43)49-13-21(53-35(47)25-9-19(37)11-27(39)29(25)41)15-51-33(45)23-7-5-6-8-24(23)34(46)52-16-22(14-50-32(44)18(3)4)54-36(48)26-10-20(38)12-28(40)30(26)42/h5-12,21-22H,1,3,13-16H2,2,4H3. The van der Waals surface area contributed by atoms with Gasteiger partial charge in [0.2, 0.25) is 0 Å². The van der Waals surface area contributed by atoms with Crippen molar-refractivity contribution in [3.8, 4) is 0 Å². The van der Waals surface area contributed by atoms with Gasteiger partial charge < -0.3 is 28.4 Å². The van der Waals surface area contributed by atoms with Gasteiger partial charge in [-0.25, -0.2) is 28.8 Å². The van der Waals surface area contributed by atoms with Gasteiger partial charge in [-0.1, -0.05) is 25.3 Å². The molecule has 54 heavy (non-hydrogen) atoms. The minimum absolute atomic E-state index is 0.108. The summed E-state index contributed by atoms with van der Waals surface area (Å²) in [4.78, 5) is 77.4. The number of carbonyl (C=O) groups is 6. The largest absolute Gasteiger partial charge is 0.458 e. The van der Waals surface area contributed by atoms with E-state index < -0.39 is 74.5 Å². The molecule has 0 aromatic heterocycles. The fourth-order valence-electron chi connectivity index (χ4n) is 3.99. The summed E-state index contributed by atoms with van der Waals surface area (Å²) in [6, 6.07) is 12.7. The first-order valence-electron chi connectivity index (χ1n) is 15.2. The minimum Gasteiger partial charge on any atom is -0.458 e. The van der Waals surface area contributed by atoms with E-state index in [9.17, 15) is 28.8 Å². The summed E-state index contributed by atoms with van der Waals surface area (Å²) >= 11 is 12.4. The molecule has 0 aliphatic rings. The molecule has 0 bridgehead atoms. The van der Waals surface area contributed by atoms with E-state index in [4.69, 9.17) is 28.4 Å². The van der Waals surface area contributed by atoms with Crippen LogP contribution in [-0.4, -0.2) is 74.5 Å². The zero-order valence-corrected chi connectivity index (χ0v) is 41.1. The van der Waals surface area contributed by atoms with Crippen LogP contribution in [0.15, 0.2) is 72.8 Å². The summed E-state index contributed by atoms with van der Waals surface area (Å²) in [7, 11) is 0. The Balaban J connectivity index is 1.77. The third kappa shape index (κ3) is 14.1. The molecule has 3 rings (SSSR count). The molecule has 0 amide bonds. The van der Waals surface area contributed by atoms with Crippen molar-refractivity contribution in [1.82, 2.24) is 0 Å². The Morgan fingerprint density at radius 1 is 0.519 bits per heavy atom. The molecule has 0 aliphatic carbocycles. The summed E-state index contributed by atoms with van der Waals surface area (Å²) < 4.78 is 37.0. The molecule has 18 heteroatoms. The number of hydrogen-bond acceptors (Lipinski definition) is 12. The van der Waals surface area contributed by atoms with Crippen LogP contribution in [0.5, 0.6) is 0 Å². The summed E-state index contributed by atoms with van der Waals surface area (Å²) in [6.07, 6.45) is -2.46. The molecular weight excluding hydrogens is 1390 g/mol. The van der Waals surface area contributed by atoms with E-state index in [0.717, 1.165) is 14.3 Å². The Morgan fingerprint density at radius 3 is 1.19 bits per heavy atom. The lowest BCUT2D eigenvalue weighted by Gasteiger charge is -2.20. The number of hydrogen-bond donors (Lipinski definition) is 0. The zero-order valence-electron chi connectivity index (χ0n) is 28.2. The van der Waals surface area contributed by atoms with Crippen molar-refractivity contribution < 1.29 is 57.2 Å². The van der Waals surface area contributed by atoms with Crippen LogP contribution in [-0.2, 0) is 38.0 Å². The van der Waals surface area contributed by atoms with E-state index in [1.807, 2.05) is 57.3 Å². The first kappa shape index (κ1) is 46.7. The highest BCUT2D eigenvalue weighted by Gasteiger charge is 2.27. The van der Waals surface area contributed by atoms with E-state index in [0.29, 0.717) is 7.14 Å². The number of esters is 6. The highest BCUT2D eigenvalue weighted by atomic mass is 127. The zero-order chi connectivity index (χ0) is 40.3. The third-order valence-corrected chi connectivity index (χ3v) is 14.0. The second-order valence-electron chi connectivity index (χ2n) is 11.1. The predicted octanol–water partition coefficient (Wildman–Crippen LogP) is 8.32. The van der Waals surface area contributed by atoms with Crippen LogP contribution in [0.3, 0.4) is 0 Å². The maximum Gasteiger partial charge on any atom is 0.339 e. The highest BCUT2D eigenvalue weighted by molar-refractivity contribution is 14.1. The quantitative estimate of drug-likeness (QED) is 0.0445. The maximum atomic E-state index is 13.4. The molecule has 2 atom stereocenters. The van der Waals surface area contributed by atoms with Gasteiger partial charge >= 0.3 is 35.8 Å². The highest BCUT2D eigenvalue weighted by Crippen LogP contribution is 2.25. The Labute approximate surface area is 392 Å². The van der Waals surface area contributed by atoms with Crippen LogP contribution in [0.1, 0.15) is 55.3 Å². The molecule has 12 nitrogen and oxygen atoms in total. The van der Waals surface area contributed by atoms with Crippen LogP contribution >= 0.6 is 136 Å². The molecular formula is C36H28I6O12. The number of halogens is 6. The summed E-state index contributed by atoms with van der Waals surface area (Å²) in [5, 5.41) is 0. The van der Waals surface area contributed by atoms with E-state index in [2.05, 4.69) is 104 Å². The Morgan fingerprint density at radius 2 is 0.852 bits per heavy atom. The second kappa shape index (κ2) is 22.3. The minimum atomic E-state index is -1.23. The van der Waals surface area contributed by atoms with Crippen molar-refractivity contribution >= 4 is 171 Å². The molecule has 0 heterocycles. The number of rotatable bonds is 16. The third-order valence-electron chi connectivity index (χ3n) is 6.64. The van der Waals surface area contributed by atoms with Crippen molar-refractivity contribution in [3.05, 3.63) is 117 Å². The van der Waals surface area contributed by atoms with Crippen LogP contribution in [0.4, 0.5) is 0 Å². The summed E-state index contributed by atoms with van der Waals surface area (Å²) in [5.74, 6) is -4.90. The molecule has 2 unspecified atom stereocenters. The SMILES string of the molecule is C=C(C)C(=O)OCC(COC(=O)c1ccccc1C(=O)OCC(COC(=O)C(=C)C)OC(=O)c1cc(I)cc(I)c1I)OC(=O)c1cc(I)cc(I)c1I. The van der Waals surface area contributed by atoms with Crippen LogP contribution in [0.2, 0.25) is 0 Å². The van der Waals surface area contributed by atoms with Crippen LogP contribution in [0, 0.1) is 21.4 Å². The first-order chi connectivity index (χ1) is 25.4. The second-order valence-corrected chi connectivity index (χ2v) is 18.0. The molecule has 0 aliphatic heterocycles. The van der Waals surface area contributed by atoms with Crippen molar-refractivity contribution in [2.45, 2.75) is 26.1 Å². The van der Waals surface area contributed by atoms with Gasteiger partial charge in [-0.2, -0.15) is 0 Å². The molecule has 0 spiro atoms. The summed E-state index contributed by atoms with van der Waals surface area (Å²) in [6.45, 7) is 7.96. The van der Waals surface area contributed by atoms with E-state index in [1.165, 1.54) is 38.1 Å². The lowest BCUT2D eigenvalue weighted by molar-refractivity contribution is -0.143. The first-order valence-corrected chi connectivity index (χ1v) is 21.7. The van der Waals surface area contributed by atoms with Gasteiger partial charge in [0.15, 0.2) is 12.2 Å². The molecule has 0 fully saturated rings. The Hall–Kier alpha value is -1.66. The monoisotopic (exact) mass is 1410 g/mol. The summed E-state index contributed by atoms with van der Waals surface area (Å²) in [5.41, 5.74) is 0.359. The predicted molar refractivity (Wildman–Crippen MR) is 246 cm³/mol. The molecule has 286 valence electrons. The average Bonchev–Trinajstić information content (AvgIpc) is 3.12. The molecule has 0 radical (unpaired) electrons. The van der Waals surface area contributed by atoms with Gasteiger partial charge in [-0.05, 0) is 186 Å². The fraction of sp³-hybridized carbons (Fsp3) is 0.222. The number of carbonyl (C=O) groups excluding carboxylic acids is 6. The molecule has 0 N–H and O–H groups in total. The fourth-order valence-corrected chi connectivity index (χ4v) is 8.74. The van der Waals surface area contributed by atoms with Gasteiger partial charge in [0.1, 0.15) is 26.4 Å². The lowest BCUT2D eigenvalue weighted by atomic mass is 10.1. The lowest BCUT2D eigenvalue weighted by Crippen LogP contribution is -2.32. The number of benzene rings is 3. The molecule has 3 aromatic carbocycles. The Bertz CT molecular complexity index is 1860. The van der Waals surface area contributed by atoms with Gasteiger partial charge in [0.05, 0.1) is 22.3 Å².